The largest absolute Gasteiger partial charge is 0.372 e. The Kier molecular flexibility index (Phi) is 4.74. The molecule has 0 saturated carbocycles. The smallest absolute Gasteiger partial charge is 0.146 e. The minimum Gasteiger partial charge on any atom is -0.372 e. The highest BCUT2D eigenvalue weighted by Gasteiger charge is 2.08. The summed E-state index contributed by atoms with van der Waals surface area (Å²) in [7, 11) is 1.92. The lowest BCUT2D eigenvalue weighted by molar-refractivity contribution is 0.574. The van der Waals surface area contributed by atoms with Gasteiger partial charge < -0.3 is 10.6 Å². The van der Waals surface area contributed by atoms with E-state index in [-0.39, 0.29) is 5.82 Å². The van der Waals surface area contributed by atoms with Crippen molar-refractivity contribution in [3.63, 3.8) is 0 Å². The molecule has 2 N–H and O–H groups in total. The van der Waals surface area contributed by atoms with E-state index in [1.165, 1.54) is 6.07 Å². The lowest BCUT2D eigenvalue weighted by Crippen LogP contribution is -2.21. The van der Waals surface area contributed by atoms with Gasteiger partial charge in [-0.1, -0.05) is 19.9 Å². The predicted molar refractivity (Wildman–Crippen MR) is 67.0 cm³/mol. The zero-order valence-electron chi connectivity index (χ0n) is 10.3. The summed E-state index contributed by atoms with van der Waals surface area (Å²) in [4.78, 5) is 1.95. The maximum Gasteiger partial charge on any atom is 0.146 e. The number of rotatable bonds is 5. The molecule has 0 aromatic heterocycles. The minimum absolute atomic E-state index is 0.186. The van der Waals surface area contributed by atoms with Crippen LogP contribution in [0.3, 0.4) is 0 Å². The van der Waals surface area contributed by atoms with Gasteiger partial charge >= 0.3 is 0 Å². The van der Waals surface area contributed by atoms with Crippen molar-refractivity contribution in [3.05, 3.63) is 29.6 Å². The SMILES string of the molecule is CC(C)CCN(C)c1ccc(CN)cc1F. The number of benzene rings is 1. The lowest BCUT2D eigenvalue weighted by atomic mass is 10.1. The van der Waals surface area contributed by atoms with E-state index in [0.29, 0.717) is 18.2 Å². The Labute approximate surface area is 97.3 Å². The summed E-state index contributed by atoms with van der Waals surface area (Å²) in [6.07, 6.45) is 1.06. The predicted octanol–water partition coefficient (Wildman–Crippen LogP) is 2.77. The van der Waals surface area contributed by atoms with E-state index in [2.05, 4.69) is 13.8 Å². The van der Waals surface area contributed by atoms with Gasteiger partial charge in [-0.05, 0) is 30.0 Å². The molecule has 0 amide bonds. The van der Waals surface area contributed by atoms with Crippen LogP contribution in [0.4, 0.5) is 10.1 Å². The molecule has 0 aliphatic heterocycles. The summed E-state index contributed by atoms with van der Waals surface area (Å²) in [6.45, 7) is 5.59. The van der Waals surface area contributed by atoms with E-state index >= 15 is 0 Å². The quantitative estimate of drug-likeness (QED) is 0.833. The first kappa shape index (κ1) is 13.0. The summed E-state index contributed by atoms with van der Waals surface area (Å²) in [5.74, 6) is 0.447. The van der Waals surface area contributed by atoms with Gasteiger partial charge in [-0.25, -0.2) is 4.39 Å². The second-order valence-electron chi connectivity index (χ2n) is 4.59. The third-order valence-electron chi connectivity index (χ3n) is 2.70. The van der Waals surface area contributed by atoms with Gasteiger partial charge in [0.2, 0.25) is 0 Å². The number of hydrogen-bond acceptors (Lipinski definition) is 2. The molecule has 1 aromatic rings. The first-order valence-corrected chi connectivity index (χ1v) is 5.74. The van der Waals surface area contributed by atoms with Crippen molar-refractivity contribution in [2.24, 2.45) is 11.7 Å². The van der Waals surface area contributed by atoms with Crippen LogP contribution >= 0.6 is 0 Å². The van der Waals surface area contributed by atoms with E-state index in [1.54, 1.807) is 6.07 Å². The van der Waals surface area contributed by atoms with Crippen LogP contribution in [-0.2, 0) is 6.54 Å². The van der Waals surface area contributed by atoms with Crippen LogP contribution in [0.5, 0.6) is 0 Å². The molecule has 90 valence electrons. The first-order valence-electron chi connectivity index (χ1n) is 5.74. The third-order valence-corrected chi connectivity index (χ3v) is 2.70. The molecule has 2 nitrogen and oxygen atoms in total. The van der Waals surface area contributed by atoms with Crippen LogP contribution < -0.4 is 10.6 Å². The third kappa shape index (κ3) is 3.49. The second-order valence-corrected chi connectivity index (χ2v) is 4.59. The fourth-order valence-electron chi connectivity index (χ4n) is 1.56. The van der Waals surface area contributed by atoms with Gasteiger partial charge in [0.1, 0.15) is 5.82 Å². The summed E-state index contributed by atoms with van der Waals surface area (Å²) in [5, 5.41) is 0. The van der Waals surface area contributed by atoms with E-state index in [0.717, 1.165) is 18.5 Å². The molecular formula is C13H21FN2. The van der Waals surface area contributed by atoms with Crippen molar-refractivity contribution < 1.29 is 4.39 Å². The Hall–Kier alpha value is -1.09. The summed E-state index contributed by atoms with van der Waals surface area (Å²) < 4.78 is 13.7. The van der Waals surface area contributed by atoms with Gasteiger partial charge in [0.15, 0.2) is 0 Å². The van der Waals surface area contributed by atoms with Crippen molar-refractivity contribution in [1.82, 2.24) is 0 Å². The molecule has 1 aromatic carbocycles. The van der Waals surface area contributed by atoms with Gasteiger partial charge in [-0.15, -0.1) is 0 Å². The highest BCUT2D eigenvalue weighted by atomic mass is 19.1. The Morgan fingerprint density at radius 1 is 1.38 bits per heavy atom. The fraction of sp³-hybridized carbons (Fsp3) is 0.538. The Balaban J connectivity index is 2.71. The van der Waals surface area contributed by atoms with Crippen LogP contribution in [0.2, 0.25) is 0 Å². The van der Waals surface area contributed by atoms with Crippen LogP contribution in [0.15, 0.2) is 18.2 Å². The molecule has 0 aliphatic carbocycles. The number of nitrogens with two attached hydrogens (primary N) is 1. The lowest BCUT2D eigenvalue weighted by Gasteiger charge is -2.21. The molecule has 1 rings (SSSR count). The summed E-state index contributed by atoms with van der Waals surface area (Å²) >= 11 is 0. The maximum atomic E-state index is 13.7. The normalized spacial score (nSPS) is 10.9. The molecule has 16 heavy (non-hydrogen) atoms. The minimum atomic E-state index is -0.186. The molecule has 0 aliphatic rings. The molecule has 0 atom stereocenters. The van der Waals surface area contributed by atoms with Crippen LogP contribution in [0.1, 0.15) is 25.8 Å². The monoisotopic (exact) mass is 224 g/mol. The highest BCUT2D eigenvalue weighted by molar-refractivity contribution is 5.48. The number of hydrogen-bond donors (Lipinski definition) is 1. The number of halogens is 1. The van der Waals surface area contributed by atoms with Crippen LogP contribution in [0, 0.1) is 11.7 Å². The molecule has 0 radical (unpaired) electrons. The first-order chi connectivity index (χ1) is 7.54. The topological polar surface area (TPSA) is 29.3 Å². The zero-order valence-corrected chi connectivity index (χ0v) is 10.3. The zero-order chi connectivity index (χ0) is 12.1. The molecule has 0 spiro atoms. The van der Waals surface area contributed by atoms with Crippen LogP contribution in [-0.4, -0.2) is 13.6 Å². The summed E-state index contributed by atoms with van der Waals surface area (Å²) in [6, 6.07) is 5.20. The molecule has 0 saturated heterocycles. The van der Waals surface area contributed by atoms with Gasteiger partial charge in [-0.2, -0.15) is 0 Å². The number of nitrogens with zero attached hydrogens (tertiary/aromatic N) is 1. The van der Waals surface area contributed by atoms with E-state index in [9.17, 15) is 4.39 Å². The van der Waals surface area contributed by atoms with E-state index in [1.807, 2.05) is 18.0 Å². The van der Waals surface area contributed by atoms with E-state index in [4.69, 9.17) is 5.73 Å². The van der Waals surface area contributed by atoms with Crippen LogP contribution in [0.25, 0.3) is 0 Å². The Bertz CT molecular complexity index is 337. The standard InChI is InChI=1S/C13H21FN2/c1-10(2)6-7-16(3)13-5-4-11(9-15)8-12(13)14/h4-5,8,10H,6-7,9,15H2,1-3H3. The molecular weight excluding hydrogens is 203 g/mol. The molecule has 0 bridgehead atoms. The van der Waals surface area contributed by atoms with Gasteiger partial charge in [0.05, 0.1) is 5.69 Å². The number of anilines is 1. The van der Waals surface area contributed by atoms with Gasteiger partial charge in [0.25, 0.3) is 0 Å². The van der Waals surface area contributed by atoms with Crippen molar-refractivity contribution in [3.8, 4) is 0 Å². The average Bonchev–Trinajstić information content (AvgIpc) is 2.25. The maximum absolute atomic E-state index is 13.7. The summed E-state index contributed by atoms with van der Waals surface area (Å²) in [5.41, 5.74) is 6.95. The van der Waals surface area contributed by atoms with Gasteiger partial charge in [-0.3, -0.25) is 0 Å². The molecule has 0 unspecified atom stereocenters. The highest BCUT2D eigenvalue weighted by Crippen LogP contribution is 2.20. The Morgan fingerprint density at radius 2 is 2.06 bits per heavy atom. The molecule has 0 fully saturated rings. The molecule has 3 heteroatoms. The van der Waals surface area contributed by atoms with E-state index < -0.39 is 0 Å². The average molecular weight is 224 g/mol. The molecule has 0 heterocycles. The van der Waals surface area contributed by atoms with Crippen molar-refractivity contribution in [2.45, 2.75) is 26.8 Å². The second kappa shape index (κ2) is 5.85. The Morgan fingerprint density at radius 3 is 2.56 bits per heavy atom. The fourth-order valence-corrected chi connectivity index (χ4v) is 1.56. The van der Waals surface area contributed by atoms with Crippen molar-refractivity contribution in [1.29, 1.82) is 0 Å². The van der Waals surface area contributed by atoms with Crippen molar-refractivity contribution >= 4 is 5.69 Å². The van der Waals surface area contributed by atoms with Crippen molar-refractivity contribution in [2.75, 3.05) is 18.5 Å². The van der Waals surface area contributed by atoms with Gasteiger partial charge in [0, 0.05) is 20.1 Å².